The highest BCUT2D eigenvalue weighted by Gasteiger charge is 2.72. The molecule has 2 aliphatic heterocycles. The molecule has 1 saturated carbocycles. The molecule has 39 heavy (non-hydrogen) atoms. The predicted octanol–water partition coefficient (Wildman–Crippen LogP) is 4.95. The Bertz CT molecular complexity index is 1480. The van der Waals surface area contributed by atoms with Crippen LogP contribution in [0.5, 0.6) is 0 Å². The van der Waals surface area contributed by atoms with Crippen LogP contribution in [0.25, 0.3) is 21.5 Å². The van der Waals surface area contributed by atoms with E-state index in [1.807, 2.05) is 13.8 Å². The van der Waals surface area contributed by atoms with Crippen LogP contribution in [0.4, 0.5) is 17.7 Å². The first-order valence-corrected chi connectivity index (χ1v) is 13.5. The molecule has 0 radical (unpaired) electrons. The molecule has 6 rings (SSSR count). The average molecular weight is 563 g/mol. The summed E-state index contributed by atoms with van der Waals surface area (Å²) in [5, 5.41) is 0.642. The number of amides is 2. The molecular formula is C27H26F4N4O3S. The Balaban J connectivity index is 1.39. The number of thiophene rings is 1. The van der Waals surface area contributed by atoms with E-state index in [9.17, 15) is 27.2 Å². The van der Waals surface area contributed by atoms with Crippen molar-refractivity contribution in [3.8, 4) is 11.3 Å². The minimum Gasteiger partial charge on any atom is -0.375 e. The first-order valence-electron chi connectivity index (χ1n) is 12.7. The molecule has 2 amide bonds. The lowest BCUT2D eigenvalue weighted by molar-refractivity contribution is -0.144. The summed E-state index contributed by atoms with van der Waals surface area (Å²) >= 11 is 1.27. The standard InChI is InChI=1S/C27H26F4N4O3S/c1-13-8-19(27(28,29)30)33-22(17(13)9-14-11-34(31)6-7-38-14)16-4-5-32-18-10-15(39-23(16)18)12-35-24(36)20-21(25(35)37)26(20,2)3/h4-5,8,10,14,20-21H,6-7,9,11-12H2,1-3H3. The minimum absolute atomic E-state index is 0.00545. The largest absolute Gasteiger partial charge is 0.433 e. The summed E-state index contributed by atoms with van der Waals surface area (Å²) < 4.78 is 61.6. The predicted molar refractivity (Wildman–Crippen MR) is 135 cm³/mol. The van der Waals surface area contributed by atoms with Gasteiger partial charge in [-0.3, -0.25) is 19.5 Å². The molecular weight excluding hydrogens is 536 g/mol. The Morgan fingerprint density at radius 3 is 2.56 bits per heavy atom. The molecule has 12 heteroatoms. The zero-order valence-corrected chi connectivity index (χ0v) is 22.3. The lowest BCUT2D eigenvalue weighted by atomic mass is 9.95. The average Bonchev–Trinajstić information content (AvgIpc) is 3.09. The van der Waals surface area contributed by atoms with E-state index in [0.717, 1.165) is 6.07 Å². The number of hydrogen-bond acceptors (Lipinski definition) is 7. The lowest BCUT2D eigenvalue weighted by Gasteiger charge is -2.28. The molecule has 3 aromatic rings. The number of nitrogens with zero attached hydrogens (tertiary/aromatic N) is 4. The van der Waals surface area contributed by atoms with Gasteiger partial charge in [0.25, 0.3) is 0 Å². The summed E-state index contributed by atoms with van der Waals surface area (Å²) in [6.07, 6.45) is -3.52. The maximum Gasteiger partial charge on any atom is 0.433 e. The van der Waals surface area contributed by atoms with Gasteiger partial charge in [0.1, 0.15) is 5.69 Å². The summed E-state index contributed by atoms with van der Waals surface area (Å²) in [6.45, 7) is 5.83. The van der Waals surface area contributed by atoms with E-state index in [0.29, 0.717) is 36.9 Å². The highest BCUT2D eigenvalue weighted by Crippen LogP contribution is 2.63. The molecule has 3 fully saturated rings. The number of piperidine rings is 1. The SMILES string of the molecule is Cc1cc(C(F)(F)F)nc(-c2ccnc3cc(CN4C(=O)C5C(C4=O)C5(C)C)sc23)c1CC1CN(F)CCO1. The second-order valence-corrected chi connectivity index (χ2v) is 12.2. The summed E-state index contributed by atoms with van der Waals surface area (Å²) in [4.78, 5) is 36.1. The lowest BCUT2D eigenvalue weighted by Crippen LogP contribution is -2.39. The number of morpholine rings is 1. The fourth-order valence-electron chi connectivity index (χ4n) is 5.93. The van der Waals surface area contributed by atoms with Crippen LogP contribution in [0, 0.1) is 24.2 Å². The maximum absolute atomic E-state index is 13.9. The van der Waals surface area contributed by atoms with Crippen molar-refractivity contribution in [1.82, 2.24) is 20.0 Å². The van der Waals surface area contributed by atoms with Crippen LogP contribution in [-0.4, -0.2) is 57.6 Å². The molecule has 7 nitrogen and oxygen atoms in total. The smallest absolute Gasteiger partial charge is 0.375 e. The highest BCUT2D eigenvalue weighted by atomic mass is 32.1. The van der Waals surface area contributed by atoms with Crippen molar-refractivity contribution in [1.29, 1.82) is 0 Å². The van der Waals surface area contributed by atoms with Gasteiger partial charge in [0.15, 0.2) is 0 Å². The molecule has 1 aliphatic carbocycles. The van der Waals surface area contributed by atoms with Crippen LogP contribution < -0.4 is 0 Å². The van der Waals surface area contributed by atoms with Crippen molar-refractivity contribution in [3.63, 3.8) is 0 Å². The maximum atomic E-state index is 13.9. The third-order valence-electron chi connectivity index (χ3n) is 8.08. The van der Waals surface area contributed by atoms with Gasteiger partial charge in [0, 0.05) is 23.1 Å². The molecule has 3 atom stereocenters. The molecule has 5 heterocycles. The quantitative estimate of drug-likeness (QED) is 0.249. The van der Waals surface area contributed by atoms with E-state index in [1.54, 1.807) is 19.1 Å². The van der Waals surface area contributed by atoms with E-state index < -0.39 is 18.0 Å². The van der Waals surface area contributed by atoms with Crippen LogP contribution >= 0.6 is 11.3 Å². The number of carbonyl (C=O) groups excluding carboxylic acids is 2. The van der Waals surface area contributed by atoms with Crippen molar-refractivity contribution < 1.29 is 32.0 Å². The van der Waals surface area contributed by atoms with E-state index in [1.165, 1.54) is 22.4 Å². The zero-order chi connectivity index (χ0) is 27.9. The van der Waals surface area contributed by atoms with Crippen LogP contribution in [-0.2, 0) is 33.5 Å². The first kappa shape index (κ1) is 26.3. The van der Waals surface area contributed by atoms with E-state index in [4.69, 9.17) is 4.74 Å². The Kier molecular flexibility index (Phi) is 6.09. The molecule has 3 aromatic heterocycles. The molecule has 0 bridgehead atoms. The molecule has 0 spiro atoms. The number of ether oxygens (including phenoxy) is 1. The topological polar surface area (TPSA) is 75.6 Å². The van der Waals surface area contributed by atoms with Crippen LogP contribution in [0.2, 0.25) is 0 Å². The number of carbonyl (C=O) groups is 2. The fraction of sp³-hybridized carbons (Fsp3) is 0.481. The van der Waals surface area contributed by atoms with Crippen LogP contribution in [0.15, 0.2) is 24.4 Å². The third-order valence-corrected chi connectivity index (χ3v) is 9.22. The number of fused-ring (bicyclic) bond motifs is 2. The van der Waals surface area contributed by atoms with Gasteiger partial charge in [-0.05, 0) is 41.7 Å². The number of halogens is 4. The van der Waals surface area contributed by atoms with Crippen LogP contribution in [0.3, 0.4) is 0 Å². The second-order valence-electron chi connectivity index (χ2n) is 11.0. The van der Waals surface area contributed by atoms with Gasteiger partial charge in [0.2, 0.25) is 11.8 Å². The van der Waals surface area contributed by atoms with E-state index in [-0.39, 0.29) is 67.4 Å². The van der Waals surface area contributed by atoms with Gasteiger partial charge in [0.05, 0.1) is 60.1 Å². The van der Waals surface area contributed by atoms with Gasteiger partial charge in [-0.25, -0.2) is 4.98 Å². The normalized spacial score (nSPS) is 25.0. The van der Waals surface area contributed by atoms with Gasteiger partial charge >= 0.3 is 6.18 Å². The number of likely N-dealkylation sites (tertiary alicyclic amines) is 1. The van der Waals surface area contributed by atoms with Crippen molar-refractivity contribution in [2.75, 3.05) is 19.7 Å². The number of aryl methyl sites for hydroxylation is 1. The molecule has 206 valence electrons. The van der Waals surface area contributed by atoms with Crippen LogP contribution in [0.1, 0.15) is 35.5 Å². The summed E-state index contributed by atoms with van der Waals surface area (Å²) in [7, 11) is 0. The van der Waals surface area contributed by atoms with Gasteiger partial charge in [-0.1, -0.05) is 13.8 Å². The summed E-state index contributed by atoms with van der Waals surface area (Å²) in [5.41, 5.74) is 0.706. The Morgan fingerprint density at radius 1 is 1.18 bits per heavy atom. The number of alkyl halides is 3. The molecule has 3 aliphatic rings. The molecule has 0 N–H and O–H groups in total. The fourth-order valence-corrected chi connectivity index (χ4v) is 7.04. The Morgan fingerprint density at radius 2 is 1.90 bits per heavy atom. The second kappa shape index (κ2) is 9.03. The van der Waals surface area contributed by atoms with E-state index >= 15 is 0 Å². The monoisotopic (exact) mass is 562 g/mol. The van der Waals surface area contributed by atoms with Crippen molar-refractivity contribution in [3.05, 3.63) is 46.1 Å². The Labute approximate surface area is 225 Å². The molecule has 3 unspecified atom stereocenters. The zero-order valence-electron chi connectivity index (χ0n) is 21.5. The summed E-state index contributed by atoms with van der Waals surface area (Å²) in [5.74, 6) is -0.967. The third kappa shape index (κ3) is 4.42. The number of pyridine rings is 2. The number of imide groups is 1. The highest BCUT2D eigenvalue weighted by molar-refractivity contribution is 7.19. The minimum atomic E-state index is -4.66. The first-order chi connectivity index (χ1) is 18.4. The van der Waals surface area contributed by atoms with Crippen molar-refractivity contribution in [2.45, 2.75) is 46.0 Å². The summed E-state index contributed by atoms with van der Waals surface area (Å²) in [6, 6.07) is 4.37. The van der Waals surface area contributed by atoms with Gasteiger partial charge in [-0.2, -0.15) is 13.2 Å². The Hall–Kier alpha value is -2.96. The van der Waals surface area contributed by atoms with Crippen molar-refractivity contribution in [2.24, 2.45) is 17.3 Å². The van der Waals surface area contributed by atoms with E-state index in [2.05, 4.69) is 9.97 Å². The van der Waals surface area contributed by atoms with Gasteiger partial charge < -0.3 is 4.74 Å². The molecule has 0 aromatic carbocycles. The van der Waals surface area contributed by atoms with Gasteiger partial charge in [-0.15, -0.1) is 20.9 Å². The number of aromatic nitrogens is 2. The molecule has 2 saturated heterocycles. The number of hydrogen-bond donors (Lipinski definition) is 0. The van der Waals surface area contributed by atoms with Crippen molar-refractivity contribution >= 4 is 33.4 Å². The number of rotatable bonds is 5.